The Hall–Kier alpha value is -1.12. The summed E-state index contributed by atoms with van der Waals surface area (Å²) in [5.41, 5.74) is 6.36. The average Bonchev–Trinajstić information content (AvgIpc) is 2.39. The molecular weight excluding hydrogens is 232 g/mol. The van der Waals surface area contributed by atoms with Gasteiger partial charge in [0.2, 0.25) is 0 Å². The molecule has 19 heavy (non-hydrogen) atoms. The van der Waals surface area contributed by atoms with Crippen molar-refractivity contribution in [2.24, 2.45) is 11.7 Å². The van der Waals surface area contributed by atoms with Gasteiger partial charge in [-0.3, -0.25) is 4.90 Å². The monoisotopic (exact) mass is 260 g/mol. The normalized spacial score (nSPS) is 26.6. The van der Waals surface area contributed by atoms with Gasteiger partial charge in [-0.25, -0.2) is 0 Å². The van der Waals surface area contributed by atoms with E-state index in [1.54, 1.807) is 0 Å². The molecule has 0 saturated carbocycles. The van der Waals surface area contributed by atoms with Crippen molar-refractivity contribution in [2.45, 2.75) is 43.8 Å². The van der Waals surface area contributed by atoms with Gasteiger partial charge in [-0.1, -0.05) is 24.3 Å². The Morgan fingerprint density at radius 3 is 2.11 bits per heavy atom. The molecule has 2 unspecified atom stereocenters. The molecule has 1 rings (SSSR count). The van der Waals surface area contributed by atoms with E-state index in [9.17, 15) is 0 Å². The van der Waals surface area contributed by atoms with Crippen LogP contribution in [0.4, 0.5) is 0 Å². The molecule has 1 aliphatic heterocycles. The summed E-state index contributed by atoms with van der Waals surface area (Å²) >= 11 is 0. The molecule has 2 nitrogen and oxygen atoms in total. The third-order valence-electron chi connectivity index (χ3n) is 4.32. The lowest BCUT2D eigenvalue weighted by Crippen LogP contribution is -2.63. The molecule has 2 atom stereocenters. The second kappa shape index (κ2) is 7.46. The maximum atomic E-state index is 6.34. The first kappa shape index (κ1) is 15.9. The number of piperidine rings is 1. The summed E-state index contributed by atoms with van der Waals surface area (Å²) in [4.78, 5) is 2.39. The SMILES string of the molecule is C=CCC1CCC(N)N(CC=C)C1(CC=C)CC=C. The van der Waals surface area contributed by atoms with E-state index >= 15 is 0 Å². The van der Waals surface area contributed by atoms with Crippen molar-refractivity contribution >= 4 is 0 Å². The second-order valence-corrected chi connectivity index (χ2v) is 5.40. The third kappa shape index (κ3) is 3.26. The van der Waals surface area contributed by atoms with E-state index in [2.05, 4.69) is 31.2 Å². The predicted octanol–water partition coefficient (Wildman–Crippen LogP) is 3.64. The Morgan fingerprint density at radius 1 is 1.00 bits per heavy atom. The Balaban J connectivity index is 3.17. The molecule has 1 aliphatic rings. The third-order valence-corrected chi connectivity index (χ3v) is 4.32. The summed E-state index contributed by atoms with van der Waals surface area (Å²) in [6.07, 6.45) is 13.1. The van der Waals surface area contributed by atoms with Crippen LogP contribution < -0.4 is 5.73 Å². The van der Waals surface area contributed by atoms with E-state index in [0.717, 1.165) is 38.6 Å². The first-order valence-electron chi connectivity index (χ1n) is 7.12. The first-order valence-corrected chi connectivity index (χ1v) is 7.12. The molecule has 0 bridgehead atoms. The highest BCUT2D eigenvalue weighted by Gasteiger charge is 2.46. The highest BCUT2D eigenvalue weighted by Crippen LogP contribution is 2.43. The molecule has 1 heterocycles. The van der Waals surface area contributed by atoms with Crippen molar-refractivity contribution in [1.82, 2.24) is 4.90 Å². The quantitative estimate of drug-likeness (QED) is 0.675. The number of nitrogens with zero attached hydrogens (tertiary/aromatic N) is 1. The Bertz CT molecular complexity index is 322. The Labute approximate surface area is 118 Å². The minimum atomic E-state index is 0.0174. The highest BCUT2D eigenvalue weighted by atomic mass is 15.3. The molecule has 106 valence electrons. The van der Waals surface area contributed by atoms with Gasteiger partial charge in [0.05, 0.1) is 6.17 Å². The maximum Gasteiger partial charge on any atom is 0.0580 e. The lowest BCUT2D eigenvalue weighted by Gasteiger charge is -2.54. The van der Waals surface area contributed by atoms with Crippen LogP contribution in [0.5, 0.6) is 0 Å². The fourth-order valence-electron chi connectivity index (χ4n) is 3.51. The van der Waals surface area contributed by atoms with Crippen molar-refractivity contribution < 1.29 is 0 Å². The van der Waals surface area contributed by atoms with Crippen LogP contribution in [0, 0.1) is 5.92 Å². The minimum absolute atomic E-state index is 0.0174. The largest absolute Gasteiger partial charge is 0.316 e. The summed E-state index contributed by atoms with van der Waals surface area (Å²) in [6, 6.07) is 0. The topological polar surface area (TPSA) is 29.3 Å². The standard InChI is InChI=1S/C17H28N2/c1-5-9-15-10-11-16(18)19(14-8-4)17(15,12-6-2)13-7-3/h5-8,15-16H,1-4,9-14,18H2. The maximum absolute atomic E-state index is 6.34. The van der Waals surface area contributed by atoms with Gasteiger partial charge in [-0.15, -0.1) is 26.3 Å². The van der Waals surface area contributed by atoms with Crippen LogP contribution in [0.2, 0.25) is 0 Å². The molecule has 0 aromatic rings. The average molecular weight is 260 g/mol. The van der Waals surface area contributed by atoms with E-state index in [4.69, 9.17) is 5.73 Å². The molecule has 0 aromatic heterocycles. The molecule has 1 saturated heterocycles. The minimum Gasteiger partial charge on any atom is -0.316 e. The number of rotatable bonds is 8. The zero-order valence-corrected chi connectivity index (χ0v) is 12.1. The van der Waals surface area contributed by atoms with Crippen LogP contribution in [-0.4, -0.2) is 23.1 Å². The van der Waals surface area contributed by atoms with Crippen LogP contribution >= 0.6 is 0 Å². The molecule has 0 aromatic carbocycles. The molecule has 2 N–H and O–H groups in total. The van der Waals surface area contributed by atoms with E-state index in [0.29, 0.717) is 5.92 Å². The lowest BCUT2D eigenvalue weighted by molar-refractivity contribution is -0.0318. The lowest BCUT2D eigenvalue weighted by atomic mass is 9.70. The number of hydrogen-bond donors (Lipinski definition) is 1. The van der Waals surface area contributed by atoms with E-state index in [1.165, 1.54) is 0 Å². The van der Waals surface area contributed by atoms with Gasteiger partial charge < -0.3 is 5.73 Å². The number of hydrogen-bond acceptors (Lipinski definition) is 2. The zero-order chi connectivity index (χ0) is 14.3. The van der Waals surface area contributed by atoms with Crippen LogP contribution in [-0.2, 0) is 0 Å². The summed E-state index contributed by atoms with van der Waals surface area (Å²) in [6.45, 7) is 16.5. The molecule has 0 amide bonds. The van der Waals surface area contributed by atoms with Crippen molar-refractivity contribution in [3.63, 3.8) is 0 Å². The molecule has 0 aliphatic carbocycles. The van der Waals surface area contributed by atoms with Crippen LogP contribution in [0.3, 0.4) is 0 Å². The zero-order valence-electron chi connectivity index (χ0n) is 12.1. The highest BCUT2D eigenvalue weighted by molar-refractivity contribution is 5.09. The van der Waals surface area contributed by atoms with E-state index in [1.807, 2.05) is 24.3 Å². The molecule has 1 fully saturated rings. The fourth-order valence-corrected chi connectivity index (χ4v) is 3.51. The van der Waals surface area contributed by atoms with Crippen LogP contribution in [0.25, 0.3) is 0 Å². The van der Waals surface area contributed by atoms with Gasteiger partial charge in [-0.05, 0) is 38.0 Å². The van der Waals surface area contributed by atoms with Gasteiger partial charge in [0.25, 0.3) is 0 Å². The predicted molar refractivity (Wildman–Crippen MR) is 84.8 cm³/mol. The van der Waals surface area contributed by atoms with Crippen LogP contribution in [0.1, 0.15) is 32.1 Å². The van der Waals surface area contributed by atoms with Gasteiger partial charge in [0.1, 0.15) is 0 Å². The van der Waals surface area contributed by atoms with Crippen molar-refractivity contribution in [3.05, 3.63) is 50.6 Å². The van der Waals surface area contributed by atoms with Crippen molar-refractivity contribution in [1.29, 1.82) is 0 Å². The summed E-state index contributed by atoms with van der Waals surface area (Å²) in [5.74, 6) is 0.556. The van der Waals surface area contributed by atoms with Gasteiger partial charge >= 0.3 is 0 Å². The number of likely N-dealkylation sites (tertiary alicyclic amines) is 1. The first-order chi connectivity index (χ1) is 9.16. The summed E-state index contributed by atoms with van der Waals surface area (Å²) < 4.78 is 0. The van der Waals surface area contributed by atoms with E-state index < -0.39 is 0 Å². The molecule has 0 radical (unpaired) electrons. The fraction of sp³-hybridized carbons (Fsp3) is 0.529. The molecule has 2 heteroatoms. The molecular formula is C17H28N2. The number of allylic oxidation sites excluding steroid dienone is 1. The summed E-state index contributed by atoms with van der Waals surface area (Å²) in [5, 5.41) is 0. The number of nitrogens with two attached hydrogens (primary N) is 1. The second-order valence-electron chi connectivity index (χ2n) is 5.40. The van der Waals surface area contributed by atoms with E-state index in [-0.39, 0.29) is 11.7 Å². The van der Waals surface area contributed by atoms with Gasteiger partial charge in [-0.2, -0.15) is 0 Å². The van der Waals surface area contributed by atoms with Crippen LogP contribution in [0.15, 0.2) is 50.6 Å². The smallest absolute Gasteiger partial charge is 0.0580 e. The Kier molecular flexibility index (Phi) is 6.26. The van der Waals surface area contributed by atoms with Crippen molar-refractivity contribution in [2.75, 3.05) is 6.54 Å². The van der Waals surface area contributed by atoms with Gasteiger partial charge in [0.15, 0.2) is 0 Å². The molecule has 0 spiro atoms. The van der Waals surface area contributed by atoms with Gasteiger partial charge in [0, 0.05) is 12.1 Å². The summed E-state index contributed by atoms with van der Waals surface area (Å²) in [7, 11) is 0. The van der Waals surface area contributed by atoms with Crippen molar-refractivity contribution in [3.8, 4) is 0 Å². The Morgan fingerprint density at radius 2 is 1.63 bits per heavy atom.